The molecule has 4 atom stereocenters. The third-order valence-corrected chi connectivity index (χ3v) is 3.20. The van der Waals surface area contributed by atoms with Gasteiger partial charge in [0.2, 0.25) is 0 Å². The fourth-order valence-electron chi connectivity index (χ4n) is 1.60. The third kappa shape index (κ3) is 7.52. The number of aliphatic hydroxyl groups is 4. The van der Waals surface area contributed by atoms with E-state index in [9.17, 15) is 19.2 Å². The van der Waals surface area contributed by atoms with E-state index in [1.165, 1.54) is 13.0 Å². The molecule has 10 heteroatoms. The highest BCUT2D eigenvalue weighted by Gasteiger charge is 2.35. The van der Waals surface area contributed by atoms with Crippen molar-refractivity contribution in [1.29, 1.82) is 0 Å². The predicted molar refractivity (Wildman–Crippen MR) is 80.5 cm³/mol. The molecule has 0 fully saturated rings. The predicted octanol–water partition coefficient (Wildman–Crippen LogP) is -1.95. The van der Waals surface area contributed by atoms with Crippen LogP contribution in [0.25, 0.3) is 0 Å². The molecule has 4 N–H and O–H groups in total. The van der Waals surface area contributed by atoms with Crippen LogP contribution in [0.1, 0.15) is 20.3 Å². The van der Waals surface area contributed by atoms with Crippen molar-refractivity contribution >= 4 is 23.9 Å². The molecule has 0 aliphatic heterocycles. The van der Waals surface area contributed by atoms with E-state index in [0.29, 0.717) is 0 Å². The van der Waals surface area contributed by atoms with E-state index in [0.717, 1.165) is 0 Å². The first-order valence-electron chi connectivity index (χ1n) is 7.39. The largest absolute Gasteiger partial charge is 0.393 e. The Bertz CT molecular complexity index is 512. The molecule has 10 nitrogen and oxygen atoms in total. The summed E-state index contributed by atoms with van der Waals surface area (Å²) in [5, 5.41) is 35.4. The highest BCUT2D eigenvalue weighted by atomic mass is 16.6. The van der Waals surface area contributed by atoms with Crippen LogP contribution in [0.5, 0.6) is 0 Å². The summed E-state index contributed by atoms with van der Waals surface area (Å²) in [6.45, 7) is 0.991. The smallest absolute Gasteiger partial charge is 0.345 e. The number of allylic oxidation sites excluding steroid dienone is 2. The Morgan fingerprint density at radius 2 is 1.32 bits per heavy atom. The van der Waals surface area contributed by atoms with E-state index >= 15 is 0 Å². The van der Waals surface area contributed by atoms with Crippen molar-refractivity contribution in [3.63, 3.8) is 0 Å². The highest BCUT2D eigenvalue weighted by molar-refractivity contribution is 5.94. The third-order valence-electron chi connectivity index (χ3n) is 3.20. The van der Waals surface area contributed by atoms with Gasteiger partial charge in [0.05, 0.1) is 25.0 Å². The van der Waals surface area contributed by atoms with Crippen LogP contribution in [0.3, 0.4) is 0 Å². The van der Waals surface area contributed by atoms with E-state index in [-0.39, 0.29) is 6.42 Å². The van der Waals surface area contributed by atoms with Gasteiger partial charge in [0, 0.05) is 0 Å². The summed E-state index contributed by atoms with van der Waals surface area (Å²) in [7, 11) is 0. The SMILES string of the molecule is CC=CCC(C(=O)OC(=O)C(O)CO)C(C)C(=O)OC(=O)C(O)CO. The molecule has 0 bridgehead atoms. The molecule has 142 valence electrons. The molecule has 4 unspecified atom stereocenters. The molecule has 0 aliphatic rings. The van der Waals surface area contributed by atoms with Crippen LogP contribution < -0.4 is 0 Å². The van der Waals surface area contributed by atoms with Crippen LogP contribution in [0.15, 0.2) is 12.2 Å². The topological polar surface area (TPSA) is 168 Å². The van der Waals surface area contributed by atoms with Crippen molar-refractivity contribution in [3.05, 3.63) is 12.2 Å². The monoisotopic (exact) mass is 362 g/mol. The van der Waals surface area contributed by atoms with Crippen LogP contribution in [0.2, 0.25) is 0 Å². The zero-order chi connectivity index (χ0) is 19.6. The summed E-state index contributed by atoms with van der Waals surface area (Å²) in [4.78, 5) is 46.6. The zero-order valence-electron chi connectivity index (χ0n) is 13.8. The Morgan fingerprint density at radius 3 is 1.72 bits per heavy atom. The fourth-order valence-corrected chi connectivity index (χ4v) is 1.60. The Morgan fingerprint density at radius 1 is 0.880 bits per heavy atom. The van der Waals surface area contributed by atoms with E-state index in [1.807, 2.05) is 0 Å². The summed E-state index contributed by atoms with van der Waals surface area (Å²) < 4.78 is 8.76. The number of carbonyl (C=O) groups is 4. The number of hydrogen-bond donors (Lipinski definition) is 4. The lowest BCUT2D eigenvalue weighted by Crippen LogP contribution is -2.37. The molecule has 0 aromatic rings. The average molecular weight is 362 g/mol. The number of hydrogen-bond acceptors (Lipinski definition) is 10. The van der Waals surface area contributed by atoms with Crippen molar-refractivity contribution in [2.45, 2.75) is 32.5 Å². The van der Waals surface area contributed by atoms with Gasteiger partial charge in [-0.15, -0.1) is 0 Å². The van der Waals surface area contributed by atoms with Crippen molar-refractivity contribution in [1.82, 2.24) is 0 Å². The van der Waals surface area contributed by atoms with Crippen LogP contribution in [-0.4, -0.2) is 69.7 Å². The number of esters is 4. The second kappa shape index (κ2) is 11.4. The molecule has 25 heavy (non-hydrogen) atoms. The van der Waals surface area contributed by atoms with Gasteiger partial charge in [0.15, 0.2) is 12.2 Å². The first-order valence-corrected chi connectivity index (χ1v) is 7.39. The molecule has 0 amide bonds. The highest BCUT2D eigenvalue weighted by Crippen LogP contribution is 2.21. The number of ether oxygens (including phenoxy) is 2. The van der Waals surface area contributed by atoms with E-state index in [2.05, 4.69) is 9.47 Å². The number of rotatable bonds is 9. The van der Waals surface area contributed by atoms with Gasteiger partial charge >= 0.3 is 23.9 Å². The molecule has 0 radical (unpaired) electrons. The molecule has 0 saturated carbocycles. The zero-order valence-corrected chi connectivity index (χ0v) is 13.8. The molecular formula is C15H22O10. The lowest BCUT2D eigenvalue weighted by atomic mass is 9.90. The van der Waals surface area contributed by atoms with Crippen molar-refractivity contribution in [3.8, 4) is 0 Å². The van der Waals surface area contributed by atoms with E-state index in [4.69, 9.17) is 20.4 Å². The van der Waals surface area contributed by atoms with Gasteiger partial charge in [-0.05, 0) is 13.3 Å². The summed E-state index contributed by atoms with van der Waals surface area (Å²) in [5.41, 5.74) is 0. The first-order chi connectivity index (χ1) is 11.7. The van der Waals surface area contributed by atoms with Crippen LogP contribution >= 0.6 is 0 Å². The van der Waals surface area contributed by atoms with Gasteiger partial charge in [-0.2, -0.15) is 0 Å². The Hall–Kier alpha value is -2.14. The second-order valence-electron chi connectivity index (χ2n) is 5.08. The Kier molecular flexibility index (Phi) is 10.4. The lowest BCUT2D eigenvalue weighted by molar-refractivity contribution is -0.177. The quantitative estimate of drug-likeness (QED) is 0.205. The standard InChI is InChI=1S/C15H22O10/c1-3-4-5-9(13(21)25-15(23)11(19)7-17)8(2)12(20)24-14(22)10(18)6-16/h3-4,8-11,16-19H,5-7H2,1-2H3. The van der Waals surface area contributed by atoms with Crippen LogP contribution in [0, 0.1) is 11.8 Å². The maximum atomic E-state index is 12.0. The molecule has 0 spiro atoms. The maximum absolute atomic E-state index is 12.0. The Balaban J connectivity index is 5.10. The van der Waals surface area contributed by atoms with Gasteiger partial charge in [-0.1, -0.05) is 19.1 Å². The molecule has 0 aliphatic carbocycles. The van der Waals surface area contributed by atoms with Crippen LogP contribution in [-0.2, 0) is 28.7 Å². The van der Waals surface area contributed by atoms with Gasteiger partial charge in [-0.25, -0.2) is 9.59 Å². The average Bonchev–Trinajstić information content (AvgIpc) is 2.59. The molecule has 0 saturated heterocycles. The fraction of sp³-hybridized carbons (Fsp3) is 0.600. The first kappa shape index (κ1) is 22.9. The summed E-state index contributed by atoms with van der Waals surface area (Å²) in [5.74, 6) is -7.56. The minimum Gasteiger partial charge on any atom is -0.393 e. The normalized spacial score (nSPS) is 15.9. The number of aliphatic hydroxyl groups excluding tert-OH is 4. The Labute approximate surface area is 143 Å². The maximum Gasteiger partial charge on any atom is 0.345 e. The summed E-state index contributed by atoms with van der Waals surface area (Å²) in [6, 6.07) is 0. The van der Waals surface area contributed by atoms with Gasteiger partial charge in [-0.3, -0.25) is 9.59 Å². The van der Waals surface area contributed by atoms with Crippen molar-refractivity contribution in [2.75, 3.05) is 13.2 Å². The lowest BCUT2D eigenvalue weighted by Gasteiger charge is -2.20. The van der Waals surface area contributed by atoms with Gasteiger partial charge in [0.1, 0.15) is 0 Å². The van der Waals surface area contributed by atoms with E-state index < -0.39 is 61.1 Å². The summed E-state index contributed by atoms with van der Waals surface area (Å²) in [6.07, 6.45) is -0.769. The minimum absolute atomic E-state index is 0.0369. The summed E-state index contributed by atoms with van der Waals surface area (Å²) >= 11 is 0. The van der Waals surface area contributed by atoms with Crippen LogP contribution in [0.4, 0.5) is 0 Å². The minimum atomic E-state index is -1.91. The molecule has 0 rings (SSSR count). The number of carbonyl (C=O) groups excluding carboxylic acids is 4. The molecule has 0 heterocycles. The molecule has 0 aromatic heterocycles. The van der Waals surface area contributed by atoms with Crippen molar-refractivity contribution in [2.24, 2.45) is 11.8 Å². The molecular weight excluding hydrogens is 340 g/mol. The van der Waals surface area contributed by atoms with Gasteiger partial charge in [0.25, 0.3) is 0 Å². The second-order valence-corrected chi connectivity index (χ2v) is 5.08. The van der Waals surface area contributed by atoms with Gasteiger partial charge < -0.3 is 29.9 Å². The van der Waals surface area contributed by atoms with E-state index in [1.54, 1.807) is 13.0 Å². The van der Waals surface area contributed by atoms with Crippen molar-refractivity contribution < 1.29 is 49.1 Å². The molecule has 0 aromatic carbocycles.